The molecule has 4 nitrogen and oxygen atoms in total. The normalized spacial score (nSPS) is 14.2. The van der Waals surface area contributed by atoms with Gasteiger partial charge in [-0.3, -0.25) is 0 Å². The van der Waals surface area contributed by atoms with E-state index in [1.807, 2.05) is 18.2 Å². The number of hydrogen-bond donors (Lipinski definition) is 0. The summed E-state index contributed by atoms with van der Waals surface area (Å²) in [6, 6.07) is 55.3. The number of rotatable bonds is 6. The van der Waals surface area contributed by atoms with E-state index in [1.165, 1.54) is 27.5 Å². The minimum Gasteiger partial charge on any atom is -0.456 e. The fraction of sp³-hybridized carbons (Fsp3) is 0.0600. The molecule has 0 fully saturated rings. The van der Waals surface area contributed by atoms with Crippen LogP contribution in [0.5, 0.6) is 0 Å². The van der Waals surface area contributed by atoms with Crippen molar-refractivity contribution in [1.82, 2.24) is 15.0 Å². The summed E-state index contributed by atoms with van der Waals surface area (Å²) < 4.78 is 6.51. The molecule has 0 saturated heterocycles. The summed E-state index contributed by atoms with van der Waals surface area (Å²) in [5.74, 6) is 2.39. The first-order valence-electron chi connectivity index (χ1n) is 18.5. The van der Waals surface area contributed by atoms with Crippen molar-refractivity contribution in [3.63, 3.8) is 0 Å². The van der Waals surface area contributed by atoms with Gasteiger partial charge in [-0.25, -0.2) is 15.0 Å². The number of fused-ring (bicyclic) bond motifs is 4. The van der Waals surface area contributed by atoms with E-state index in [1.54, 1.807) is 0 Å². The lowest BCUT2D eigenvalue weighted by Gasteiger charge is -2.14. The van der Waals surface area contributed by atoms with Crippen LogP contribution in [-0.4, -0.2) is 15.0 Å². The van der Waals surface area contributed by atoms with Crippen LogP contribution < -0.4 is 0 Å². The molecule has 7 aromatic carbocycles. The quantitative estimate of drug-likeness (QED) is 0.174. The summed E-state index contributed by atoms with van der Waals surface area (Å²) in [5.41, 5.74) is 11.5. The maximum Gasteiger partial charge on any atom is 0.164 e. The minimum atomic E-state index is 0.476. The average molecular weight is 694 g/mol. The van der Waals surface area contributed by atoms with Gasteiger partial charge >= 0.3 is 0 Å². The van der Waals surface area contributed by atoms with E-state index in [2.05, 4.69) is 165 Å². The second-order valence-electron chi connectivity index (χ2n) is 14.0. The highest BCUT2D eigenvalue weighted by Gasteiger charge is 2.20. The standard InChI is InChI=1S/C50H35N3O/c1-32-22-24-35(25-23-32)48-51-49(38-17-10-16-36(30-38)33-12-4-2-5-13-33)53-50(52-48)43-20-11-21-46-47(43)44-31-37(26-29-45(44)54-46)40-28-27-39(34-14-6-3-7-15-34)41-18-8-9-19-42(40)41/h2-22,24-32H,23H2,1H3. The van der Waals surface area contributed by atoms with E-state index in [-0.39, 0.29) is 0 Å². The Kier molecular flexibility index (Phi) is 7.80. The van der Waals surface area contributed by atoms with E-state index < -0.39 is 0 Å². The molecular weight excluding hydrogens is 659 g/mol. The van der Waals surface area contributed by atoms with Crippen LogP contribution >= 0.6 is 0 Å². The van der Waals surface area contributed by atoms with E-state index >= 15 is 0 Å². The van der Waals surface area contributed by atoms with Gasteiger partial charge in [0.15, 0.2) is 17.5 Å². The Morgan fingerprint density at radius 3 is 1.87 bits per heavy atom. The number of allylic oxidation sites excluding steroid dienone is 4. The Hall–Kier alpha value is -6.91. The van der Waals surface area contributed by atoms with Crippen LogP contribution in [0.1, 0.15) is 19.2 Å². The molecule has 0 aliphatic heterocycles. The smallest absolute Gasteiger partial charge is 0.164 e. The van der Waals surface area contributed by atoms with Crippen molar-refractivity contribution >= 4 is 38.3 Å². The Morgan fingerprint density at radius 1 is 0.463 bits per heavy atom. The third-order valence-corrected chi connectivity index (χ3v) is 10.5. The maximum atomic E-state index is 6.51. The Labute approximate surface area is 313 Å². The Bertz CT molecular complexity index is 2920. The molecule has 9 aromatic rings. The van der Waals surface area contributed by atoms with E-state index in [9.17, 15) is 0 Å². The number of hydrogen-bond acceptors (Lipinski definition) is 4. The zero-order valence-electron chi connectivity index (χ0n) is 29.8. The topological polar surface area (TPSA) is 51.8 Å². The van der Waals surface area contributed by atoms with Gasteiger partial charge in [-0.05, 0) is 80.8 Å². The highest BCUT2D eigenvalue weighted by Crippen LogP contribution is 2.41. The van der Waals surface area contributed by atoms with E-state index in [0.29, 0.717) is 23.4 Å². The average Bonchev–Trinajstić information content (AvgIpc) is 3.62. The molecule has 0 spiro atoms. The van der Waals surface area contributed by atoms with Crippen LogP contribution in [0.3, 0.4) is 0 Å². The summed E-state index contributed by atoms with van der Waals surface area (Å²) in [5, 5.41) is 4.44. The fourth-order valence-electron chi connectivity index (χ4n) is 7.72. The molecule has 1 aliphatic carbocycles. The SMILES string of the molecule is CC1C=CC(c2nc(-c3cccc(-c4ccccc4)c3)nc(-c3cccc4oc5ccc(-c6ccc(-c7ccccc7)c7ccccc67)cc5c34)n2)=CC1. The number of nitrogens with zero attached hydrogens (tertiary/aromatic N) is 3. The molecule has 1 atom stereocenters. The molecule has 1 unspecified atom stereocenters. The van der Waals surface area contributed by atoms with Crippen molar-refractivity contribution in [1.29, 1.82) is 0 Å². The van der Waals surface area contributed by atoms with E-state index in [4.69, 9.17) is 19.4 Å². The molecule has 0 N–H and O–H groups in total. The molecule has 4 heteroatoms. The lowest BCUT2D eigenvalue weighted by Crippen LogP contribution is -2.04. The lowest BCUT2D eigenvalue weighted by atomic mass is 9.91. The predicted molar refractivity (Wildman–Crippen MR) is 223 cm³/mol. The van der Waals surface area contributed by atoms with Gasteiger partial charge < -0.3 is 4.42 Å². The first-order valence-corrected chi connectivity index (χ1v) is 18.5. The largest absolute Gasteiger partial charge is 0.456 e. The van der Waals surface area contributed by atoms with Crippen molar-refractivity contribution in [2.24, 2.45) is 5.92 Å². The molecule has 2 aromatic heterocycles. The highest BCUT2D eigenvalue weighted by atomic mass is 16.3. The van der Waals surface area contributed by atoms with Gasteiger partial charge in [0.25, 0.3) is 0 Å². The Balaban J connectivity index is 1.15. The van der Waals surface area contributed by atoms with Crippen LogP contribution in [0.25, 0.3) is 94.4 Å². The summed E-state index contributed by atoms with van der Waals surface area (Å²) >= 11 is 0. The molecule has 1 aliphatic rings. The van der Waals surface area contributed by atoms with Crippen LogP contribution in [0.4, 0.5) is 0 Å². The van der Waals surface area contributed by atoms with Gasteiger partial charge in [0, 0.05) is 27.5 Å². The Morgan fingerprint density at radius 2 is 1.11 bits per heavy atom. The zero-order chi connectivity index (χ0) is 36.0. The maximum absolute atomic E-state index is 6.51. The van der Waals surface area contributed by atoms with Crippen molar-refractivity contribution < 1.29 is 4.42 Å². The van der Waals surface area contributed by atoms with Gasteiger partial charge in [0.1, 0.15) is 11.2 Å². The van der Waals surface area contributed by atoms with Crippen molar-refractivity contribution in [2.75, 3.05) is 0 Å². The molecule has 0 saturated carbocycles. The monoisotopic (exact) mass is 693 g/mol. The molecule has 256 valence electrons. The highest BCUT2D eigenvalue weighted by molar-refractivity contribution is 6.14. The second kappa shape index (κ2) is 13.3. The number of furan rings is 1. The van der Waals surface area contributed by atoms with Crippen molar-refractivity contribution in [3.8, 4) is 56.2 Å². The number of aromatic nitrogens is 3. The first kappa shape index (κ1) is 31.8. The molecular formula is C50H35N3O. The number of benzene rings is 7. The van der Waals surface area contributed by atoms with Crippen LogP contribution in [0.15, 0.2) is 180 Å². The summed E-state index contributed by atoms with van der Waals surface area (Å²) in [6.45, 7) is 2.22. The summed E-state index contributed by atoms with van der Waals surface area (Å²) in [4.78, 5) is 15.5. The van der Waals surface area contributed by atoms with Crippen LogP contribution in [0, 0.1) is 5.92 Å². The van der Waals surface area contributed by atoms with Crippen molar-refractivity contribution in [2.45, 2.75) is 13.3 Å². The first-order chi connectivity index (χ1) is 26.7. The van der Waals surface area contributed by atoms with E-state index in [0.717, 1.165) is 61.7 Å². The second-order valence-corrected chi connectivity index (χ2v) is 14.0. The molecule has 0 radical (unpaired) electrons. The van der Waals surface area contributed by atoms with Gasteiger partial charge in [-0.2, -0.15) is 0 Å². The predicted octanol–water partition coefficient (Wildman–Crippen LogP) is 13.2. The molecule has 54 heavy (non-hydrogen) atoms. The molecule has 0 bridgehead atoms. The molecule has 2 heterocycles. The van der Waals surface area contributed by atoms with Gasteiger partial charge in [-0.15, -0.1) is 0 Å². The molecule has 0 amide bonds. The molecule has 10 rings (SSSR count). The van der Waals surface area contributed by atoms with Gasteiger partial charge in [0.2, 0.25) is 0 Å². The van der Waals surface area contributed by atoms with Crippen LogP contribution in [0.2, 0.25) is 0 Å². The third-order valence-electron chi connectivity index (χ3n) is 10.5. The summed E-state index contributed by atoms with van der Waals surface area (Å²) in [7, 11) is 0. The fourth-order valence-corrected chi connectivity index (χ4v) is 7.72. The van der Waals surface area contributed by atoms with Crippen molar-refractivity contribution in [3.05, 3.63) is 182 Å². The van der Waals surface area contributed by atoms with Gasteiger partial charge in [0.05, 0.1) is 0 Å². The third kappa shape index (κ3) is 5.69. The van der Waals surface area contributed by atoms with Crippen LogP contribution in [-0.2, 0) is 0 Å². The summed E-state index contributed by atoms with van der Waals surface area (Å²) in [6.07, 6.45) is 7.56. The van der Waals surface area contributed by atoms with Gasteiger partial charge in [-0.1, -0.05) is 159 Å². The minimum absolute atomic E-state index is 0.476. The zero-order valence-corrected chi connectivity index (χ0v) is 29.8. The lowest BCUT2D eigenvalue weighted by molar-refractivity contribution is 0.669.